The zero-order chi connectivity index (χ0) is 21.1. The van der Waals surface area contributed by atoms with Crippen LogP contribution in [-0.4, -0.2) is 44.3 Å². The minimum atomic E-state index is -0.483. The number of rotatable bonds is 7. The van der Waals surface area contributed by atoms with E-state index >= 15 is 0 Å². The van der Waals surface area contributed by atoms with Gasteiger partial charge >= 0.3 is 0 Å². The van der Waals surface area contributed by atoms with Gasteiger partial charge in [-0.25, -0.2) is 4.98 Å². The lowest BCUT2D eigenvalue weighted by molar-refractivity contribution is -0.121. The highest BCUT2D eigenvalue weighted by Crippen LogP contribution is 2.23. The van der Waals surface area contributed by atoms with Gasteiger partial charge < -0.3 is 5.32 Å². The first kappa shape index (κ1) is 19.5. The molecule has 30 heavy (non-hydrogen) atoms. The third-order valence-electron chi connectivity index (χ3n) is 4.97. The van der Waals surface area contributed by atoms with Crippen LogP contribution >= 0.6 is 0 Å². The summed E-state index contributed by atoms with van der Waals surface area (Å²) in [6.07, 6.45) is 0.534. The lowest BCUT2D eigenvalue weighted by atomic mass is 10.1. The predicted octanol–water partition coefficient (Wildman–Crippen LogP) is 2.40. The monoisotopic (exact) mass is 403 g/mol. The molecule has 2 N–H and O–H groups in total. The van der Waals surface area contributed by atoms with Gasteiger partial charge in [0.15, 0.2) is 5.82 Å². The van der Waals surface area contributed by atoms with Crippen LogP contribution < -0.4 is 5.32 Å². The van der Waals surface area contributed by atoms with E-state index in [1.165, 1.54) is 4.90 Å². The van der Waals surface area contributed by atoms with Crippen molar-refractivity contribution < 1.29 is 14.4 Å². The second-order valence-electron chi connectivity index (χ2n) is 7.10. The van der Waals surface area contributed by atoms with Crippen LogP contribution in [0.2, 0.25) is 0 Å². The molecule has 1 atom stereocenters. The summed E-state index contributed by atoms with van der Waals surface area (Å²) in [5, 5.41) is 9.94. The number of hydrogen-bond acceptors (Lipinski definition) is 5. The zero-order valence-electron chi connectivity index (χ0n) is 16.5. The fourth-order valence-corrected chi connectivity index (χ4v) is 3.50. The predicted molar refractivity (Wildman–Crippen MR) is 109 cm³/mol. The average molecular weight is 403 g/mol. The minimum Gasteiger partial charge on any atom is -0.342 e. The molecule has 1 aliphatic rings. The van der Waals surface area contributed by atoms with Gasteiger partial charge in [-0.3, -0.25) is 24.4 Å². The fraction of sp³-hybridized carbons (Fsp3) is 0.227. The van der Waals surface area contributed by atoms with E-state index in [2.05, 4.69) is 20.5 Å². The van der Waals surface area contributed by atoms with Crippen LogP contribution in [0.5, 0.6) is 0 Å². The van der Waals surface area contributed by atoms with Crippen LogP contribution in [0.25, 0.3) is 0 Å². The standard InChI is InChI=1S/C22H21N5O3/c1-14-23-20(26-25-14)19(15-8-3-2-4-9-15)24-18(28)12-7-13-27-21(29)16-10-5-6-11-17(16)22(27)30/h2-6,8-11,19H,7,12-13H2,1H3,(H,24,28)(H,23,25,26). The third-order valence-corrected chi connectivity index (χ3v) is 4.97. The van der Waals surface area contributed by atoms with Crippen LogP contribution in [0.1, 0.15) is 56.8 Å². The van der Waals surface area contributed by atoms with Crippen molar-refractivity contribution >= 4 is 17.7 Å². The molecule has 0 bridgehead atoms. The number of aromatic amines is 1. The van der Waals surface area contributed by atoms with Crippen LogP contribution in [-0.2, 0) is 4.79 Å². The van der Waals surface area contributed by atoms with Crippen LogP contribution in [0.3, 0.4) is 0 Å². The molecular weight excluding hydrogens is 382 g/mol. The number of carbonyl (C=O) groups is 3. The molecule has 1 aliphatic heterocycles. The van der Waals surface area contributed by atoms with E-state index in [9.17, 15) is 14.4 Å². The molecule has 0 fully saturated rings. The Balaban J connectivity index is 1.38. The maximum atomic E-state index is 12.6. The Morgan fingerprint density at radius 1 is 1.03 bits per heavy atom. The van der Waals surface area contributed by atoms with E-state index in [1.54, 1.807) is 31.2 Å². The number of imide groups is 1. The van der Waals surface area contributed by atoms with Gasteiger partial charge in [-0.15, -0.1) is 0 Å². The third kappa shape index (κ3) is 3.84. The smallest absolute Gasteiger partial charge is 0.261 e. The largest absolute Gasteiger partial charge is 0.342 e. The number of nitrogens with one attached hydrogen (secondary N) is 2. The molecule has 3 amide bonds. The summed E-state index contributed by atoms with van der Waals surface area (Å²) in [6, 6.07) is 15.7. The van der Waals surface area contributed by atoms with Crippen molar-refractivity contribution in [2.45, 2.75) is 25.8 Å². The first-order chi connectivity index (χ1) is 14.5. The summed E-state index contributed by atoms with van der Waals surface area (Å²) in [5.74, 6) is 0.310. The van der Waals surface area contributed by atoms with Crippen LogP contribution in [0.4, 0.5) is 0 Å². The molecule has 2 heterocycles. The van der Waals surface area contributed by atoms with Gasteiger partial charge in [-0.1, -0.05) is 42.5 Å². The molecule has 4 rings (SSSR count). The summed E-state index contributed by atoms with van der Waals surface area (Å²) in [4.78, 5) is 43.0. The van der Waals surface area contributed by atoms with Gasteiger partial charge in [0.2, 0.25) is 5.91 Å². The molecule has 1 aromatic heterocycles. The molecule has 0 spiro atoms. The molecule has 0 saturated heterocycles. The molecule has 8 nitrogen and oxygen atoms in total. The summed E-state index contributed by atoms with van der Waals surface area (Å²) in [5.41, 5.74) is 1.69. The first-order valence-electron chi connectivity index (χ1n) is 9.73. The summed E-state index contributed by atoms with van der Waals surface area (Å²) >= 11 is 0. The summed E-state index contributed by atoms with van der Waals surface area (Å²) < 4.78 is 0. The Morgan fingerprint density at radius 3 is 2.27 bits per heavy atom. The second-order valence-corrected chi connectivity index (χ2v) is 7.10. The van der Waals surface area contributed by atoms with E-state index < -0.39 is 6.04 Å². The number of aromatic nitrogens is 3. The Hall–Kier alpha value is -3.81. The molecule has 3 aromatic rings. The molecule has 0 aliphatic carbocycles. The van der Waals surface area contributed by atoms with Crippen molar-refractivity contribution in [3.8, 4) is 0 Å². The van der Waals surface area contributed by atoms with Crippen LogP contribution in [0, 0.1) is 6.92 Å². The molecule has 8 heteroatoms. The van der Waals surface area contributed by atoms with Gasteiger partial charge in [-0.2, -0.15) is 5.10 Å². The van der Waals surface area contributed by atoms with E-state index in [0.29, 0.717) is 29.2 Å². The van der Waals surface area contributed by atoms with E-state index in [-0.39, 0.29) is 30.7 Å². The molecule has 2 aromatic carbocycles. The molecule has 152 valence electrons. The lowest BCUT2D eigenvalue weighted by Crippen LogP contribution is -2.33. The topological polar surface area (TPSA) is 108 Å². The maximum Gasteiger partial charge on any atom is 0.261 e. The SMILES string of the molecule is Cc1nc(C(NC(=O)CCCN2C(=O)c3ccccc3C2=O)c2ccccc2)n[nH]1. The van der Waals surface area contributed by atoms with E-state index in [1.807, 2.05) is 30.3 Å². The van der Waals surface area contributed by atoms with E-state index in [0.717, 1.165) is 5.56 Å². The van der Waals surface area contributed by atoms with Crippen molar-refractivity contribution in [2.75, 3.05) is 6.54 Å². The van der Waals surface area contributed by atoms with Crippen molar-refractivity contribution in [2.24, 2.45) is 0 Å². The zero-order valence-corrected chi connectivity index (χ0v) is 16.5. The number of benzene rings is 2. The quantitative estimate of drug-likeness (QED) is 0.589. The van der Waals surface area contributed by atoms with Gasteiger partial charge in [0.05, 0.1) is 11.1 Å². The van der Waals surface area contributed by atoms with Crippen LogP contribution in [0.15, 0.2) is 54.6 Å². The molecule has 1 unspecified atom stereocenters. The average Bonchev–Trinajstić information content (AvgIpc) is 3.30. The minimum absolute atomic E-state index is 0.167. The van der Waals surface area contributed by atoms with Crippen molar-refractivity contribution in [3.63, 3.8) is 0 Å². The second kappa shape index (κ2) is 8.28. The highest BCUT2D eigenvalue weighted by Gasteiger charge is 2.34. The Labute approximate surface area is 173 Å². The van der Waals surface area contributed by atoms with Crippen molar-refractivity contribution in [1.82, 2.24) is 25.4 Å². The van der Waals surface area contributed by atoms with Gasteiger partial charge in [0, 0.05) is 13.0 Å². The van der Waals surface area contributed by atoms with Gasteiger partial charge in [0.25, 0.3) is 11.8 Å². The number of nitrogens with zero attached hydrogens (tertiary/aromatic N) is 3. The molecule has 0 radical (unpaired) electrons. The summed E-state index contributed by atoms with van der Waals surface area (Å²) in [7, 11) is 0. The number of hydrogen-bond donors (Lipinski definition) is 2. The van der Waals surface area contributed by atoms with Crippen molar-refractivity contribution in [3.05, 3.63) is 82.9 Å². The lowest BCUT2D eigenvalue weighted by Gasteiger charge is -2.17. The first-order valence-corrected chi connectivity index (χ1v) is 9.73. The highest BCUT2D eigenvalue weighted by atomic mass is 16.2. The fourth-order valence-electron chi connectivity index (χ4n) is 3.50. The maximum absolute atomic E-state index is 12.6. The van der Waals surface area contributed by atoms with Gasteiger partial charge in [-0.05, 0) is 31.0 Å². The van der Waals surface area contributed by atoms with E-state index in [4.69, 9.17) is 0 Å². The number of amides is 3. The summed E-state index contributed by atoms with van der Waals surface area (Å²) in [6.45, 7) is 1.98. The Morgan fingerprint density at radius 2 is 1.67 bits per heavy atom. The molecule has 0 saturated carbocycles. The van der Waals surface area contributed by atoms with Crippen molar-refractivity contribution in [1.29, 1.82) is 0 Å². The Kier molecular flexibility index (Phi) is 5.38. The van der Waals surface area contributed by atoms with Gasteiger partial charge in [0.1, 0.15) is 11.9 Å². The molecular formula is C22H21N5O3. The Bertz CT molecular complexity index is 1060. The number of aryl methyl sites for hydroxylation is 1. The normalized spacial score (nSPS) is 14.0. The number of fused-ring (bicyclic) bond motifs is 1. The highest BCUT2D eigenvalue weighted by molar-refractivity contribution is 6.21. The number of carbonyl (C=O) groups excluding carboxylic acids is 3. The number of H-pyrrole nitrogens is 1.